The van der Waals surface area contributed by atoms with E-state index in [0.29, 0.717) is 37.0 Å². The maximum atomic E-state index is 13.2. The molecule has 168 valence electrons. The van der Waals surface area contributed by atoms with Crippen molar-refractivity contribution in [3.05, 3.63) is 65.9 Å². The molecule has 1 saturated heterocycles. The highest BCUT2D eigenvalue weighted by Crippen LogP contribution is 2.25. The molecule has 0 saturated carbocycles. The van der Waals surface area contributed by atoms with Crippen LogP contribution in [0.4, 0.5) is 5.95 Å². The first-order valence-electron chi connectivity index (χ1n) is 10.5. The Bertz CT molecular complexity index is 1070. The molecular weight excluding hydrogens is 428 g/mol. The van der Waals surface area contributed by atoms with Gasteiger partial charge in [-0.3, -0.25) is 9.36 Å². The van der Waals surface area contributed by atoms with Crippen LogP contribution in [0, 0.1) is 0 Å². The third-order valence-electron chi connectivity index (χ3n) is 5.50. The summed E-state index contributed by atoms with van der Waals surface area (Å²) >= 11 is 5.94. The molecule has 0 bridgehead atoms. The van der Waals surface area contributed by atoms with Crippen LogP contribution in [-0.4, -0.2) is 59.2 Å². The number of amides is 1. The number of hydrogen-bond acceptors (Lipinski definition) is 5. The van der Waals surface area contributed by atoms with Gasteiger partial charge in [-0.15, -0.1) is 0 Å². The molecular formula is C24H27ClN4O3. The molecule has 32 heavy (non-hydrogen) atoms. The second-order valence-corrected chi connectivity index (χ2v) is 8.58. The Labute approximate surface area is 193 Å². The summed E-state index contributed by atoms with van der Waals surface area (Å²) in [6.45, 7) is 6.15. The van der Waals surface area contributed by atoms with E-state index in [1.165, 1.54) is 0 Å². The number of rotatable bonds is 6. The normalized spacial score (nSPS) is 14.4. The van der Waals surface area contributed by atoms with Crippen LogP contribution in [0.25, 0.3) is 5.69 Å². The predicted octanol–water partition coefficient (Wildman–Crippen LogP) is 4.04. The van der Waals surface area contributed by atoms with E-state index in [1.54, 1.807) is 51.4 Å². The van der Waals surface area contributed by atoms with Crippen molar-refractivity contribution in [1.29, 1.82) is 0 Å². The van der Waals surface area contributed by atoms with Crippen LogP contribution in [0.2, 0.25) is 5.02 Å². The maximum Gasteiger partial charge on any atom is 0.266 e. The number of imidazole rings is 1. The SMILES string of the molecule is COc1cccc(-n2ccnc2N2CCN(C(=O)C(C)(C)Oc3ccc(Cl)cc3)CC2)c1. The molecule has 4 rings (SSSR count). The number of hydrogen-bond donors (Lipinski definition) is 0. The molecule has 1 aliphatic rings. The minimum atomic E-state index is -0.977. The summed E-state index contributed by atoms with van der Waals surface area (Å²) in [4.78, 5) is 21.8. The number of carbonyl (C=O) groups excluding carboxylic acids is 1. The Morgan fingerprint density at radius 3 is 2.44 bits per heavy atom. The number of nitrogens with zero attached hydrogens (tertiary/aromatic N) is 4. The van der Waals surface area contributed by atoms with Crippen LogP contribution in [0.1, 0.15) is 13.8 Å². The molecule has 7 nitrogen and oxygen atoms in total. The van der Waals surface area contributed by atoms with Gasteiger partial charge in [0.1, 0.15) is 11.5 Å². The van der Waals surface area contributed by atoms with Crippen molar-refractivity contribution < 1.29 is 14.3 Å². The van der Waals surface area contributed by atoms with Gasteiger partial charge < -0.3 is 19.3 Å². The third-order valence-corrected chi connectivity index (χ3v) is 5.76. The lowest BCUT2D eigenvalue weighted by Gasteiger charge is -2.39. The first-order valence-corrected chi connectivity index (χ1v) is 10.9. The van der Waals surface area contributed by atoms with Gasteiger partial charge in [0, 0.05) is 49.7 Å². The second-order valence-electron chi connectivity index (χ2n) is 8.14. The predicted molar refractivity (Wildman–Crippen MR) is 125 cm³/mol. The van der Waals surface area contributed by atoms with Crippen molar-refractivity contribution in [2.24, 2.45) is 0 Å². The van der Waals surface area contributed by atoms with Crippen molar-refractivity contribution in [3.63, 3.8) is 0 Å². The topological polar surface area (TPSA) is 59.8 Å². The number of aromatic nitrogens is 2. The molecule has 1 fully saturated rings. The van der Waals surface area contributed by atoms with Crippen LogP contribution >= 0.6 is 11.6 Å². The number of anilines is 1. The average molecular weight is 455 g/mol. The summed E-state index contributed by atoms with van der Waals surface area (Å²) in [6, 6.07) is 14.9. The number of benzene rings is 2. The quantitative estimate of drug-likeness (QED) is 0.562. The number of piperazine rings is 1. The van der Waals surface area contributed by atoms with Gasteiger partial charge in [0.2, 0.25) is 5.95 Å². The Morgan fingerprint density at radius 2 is 1.75 bits per heavy atom. The van der Waals surface area contributed by atoms with E-state index < -0.39 is 5.60 Å². The van der Waals surface area contributed by atoms with Gasteiger partial charge in [-0.2, -0.15) is 0 Å². The molecule has 0 radical (unpaired) electrons. The summed E-state index contributed by atoms with van der Waals surface area (Å²) in [5.41, 5.74) is 0.00237. The van der Waals surface area contributed by atoms with Crippen LogP contribution < -0.4 is 14.4 Å². The second kappa shape index (κ2) is 9.12. The Morgan fingerprint density at radius 1 is 1.03 bits per heavy atom. The van der Waals surface area contributed by atoms with Crippen LogP contribution in [0.15, 0.2) is 60.9 Å². The van der Waals surface area contributed by atoms with Crippen molar-refractivity contribution in [2.75, 3.05) is 38.2 Å². The molecule has 2 aromatic carbocycles. The largest absolute Gasteiger partial charge is 0.497 e. The summed E-state index contributed by atoms with van der Waals surface area (Å²) in [7, 11) is 1.66. The monoisotopic (exact) mass is 454 g/mol. The Hall–Kier alpha value is -3.19. The number of methoxy groups -OCH3 is 1. The van der Waals surface area contributed by atoms with Gasteiger partial charge in [-0.05, 0) is 50.2 Å². The van der Waals surface area contributed by atoms with Crippen molar-refractivity contribution in [2.45, 2.75) is 19.4 Å². The van der Waals surface area contributed by atoms with Crippen molar-refractivity contribution >= 4 is 23.5 Å². The highest BCUT2D eigenvalue weighted by Gasteiger charge is 2.36. The van der Waals surface area contributed by atoms with E-state index in [4.69, 9.17) is 21.1 Å². The number of carbonyl (C=O) groups is 1. The summed E-state index contributed by atoms with van der Waals surface area (Å²) in [5.74, 6) is 2.22. The van der Waals surface area contributed by atoms with Gasteiger partial charge in [0.15, 0.2) is 5.60 Å². The smallest absolute Gasteiger partial charge is 0.266 e. The van der Waals surface area contributed by atoms with Crippen LogP contribution in [-0.2, 0) is 4.79 Å². The molecule has 1 aromatic heterocycles. The molecule has 1 aliphatic heterocycles. The first-order chi connectivity index (χ1) is 15.4. The zero-order chi connectivity index (χ0) is 22.7. The summed E-state index contributed by atoms with van der Waals surface area (Å²) < 4.78 is 13.4. The molecule has 0 unspecified atom stereocenters. The van der Waals surface area contributed by atoms with Crippen molar-refractivity contribution in [1.82, 2.24) is 14.5 Å². The molecule has 8 heteroatoms. The molecule has 0 spiro atoms. The molecule has 1 amide bonds. The van der Waals surface area contributed by atoms with Crippen molar-refractivity contribution in [3.8, 4) is 17.2 Å². The zero-order valence-corrected chi connectivity index (χ0v) is 19.2. The number of halogens is 1. The Balaban J connectivity index is 1.42. The van der Waals surface area contributed by atoms with E-state index in [2.05, 4.69) is 9.88 Å². The Kier molecular flexibility index (Phi) is 6.28. The highest BCUT2D eigenvalue weighted by molar-refractivity contribution is 6.30. The maximum absolute atomic E-state index is 13.2. The van der Waals surface area contributed by atoms with E-state index in [1.807, 2.05) is 39.9 Å². The highest BCUT2D eigenvalue weighted by atomic mass is 35.5. The van der Waals surface area contributed by atoms with E-state index >= 15 is 0 Å². The minimum Gasteiger partial charge on any atom is -0.497 e. The lowest BCUT2D eigenvalue weighted by Crippen LogP contribution is -2.56. The molecule has 2 heterocycles. The van der Waals surface area contributed by atoms with Gasteiger partial charge in [0.25, 0.3) is 5.91 Å². The molecule has 0 aliphatic carbocycles. The fraction of sp³-hybridized carbons (Fsp3) is 0.333. The summed E-state index contributed by atoms with van der Waals surface area (Å²) in [5, 5.41) is 0.630. The van der Waals surface area contributed by atoms with Crippen LogP contribution in [0.5, 0.6) is 11.5 Å². The van der Waals surface area contributed by atoms with Crippen LogP contribution in [0.3, 0.4) is 0 Å². The van der Waals surface area contributed by atoms with E-state index in [-0.39, 0.29) is 5.91 Å². The standard InChI is InChI=1S/C24H27ClN4O3/c1-24(2,32-20-9-7-18(25)8-10-20)22(30)27-13-15-28(16-14-27)23-26-11-12-29(23)19-5-4-6-21(17-19)31-3/h4-12,17H,13-16H2,1-3H3. The summed E-state index contributed by atoms with van der Waals surface area (Å²) in [6.07, 6.45) is 3.72. The lowest BCUT2D eigenvalue weighted by molar-refractivity contribution is -0.145. The van der Waals surface area contributed by atoms with Gasteiger partial charge in [0.05, 0.1) is 12.8 Å². The zero-order valence-electron chi connectivity index (χ0n) is 18.5. The molecule has 3 aromatic rings. The van der Waals surface area contributed by atoms with Gasteiger partial charge >= 0.3 is 0 Å². The third kappa shape index (κ3) is 4.67. The fourth-order valence-corrected chi connectivity index (χ4v) is 3.95. The average Bonchev–Trinajstić information content (AvgIpc) is 3.30. The van der Waals surface area contributed by atoms with Gasteiger partial charge in [-0.25, -0.2) is 4.98 Å². The van der Waals surface area contributed by atoms with Gasteiger partial charge in [-0.1, -0.05) is 17.7 Å². The van der Waals surface area contributed by atoms with E-state index in [9.17, 15) is 4.79 Å². The minimum absolute atomic E-state index is 0.0387. The lowest BCUT2D eigenvalue weighted by atomic mass is 10.1. The van der Waals surface area contributed by atoms with E-state index in [0.717, 1.165) is 17.4 Å². The first kappa shape index (κ1) is 22.0. The molecule has 0 N–H and O–H groups in total. The number of ether oxygens (including phenoxy) is 2. The molecule has 0 atom stereocenters. The fourth-order valence-electron chi connectivity index (χ4n) is 3.82.